The highest BCUT2D eigenvalue weighted by Crippen LogP contribution is 2.33. The van der Waals surface area contributed by atoms with E-state index in [0.29, 0.717) is 12.0 Å². The first kappa shape index (κ1) is 15.0. The van der Waals surface area contributed by atoms with Crippen molar-refractivity contribution in [1.82, 2.24) is 10.2 Å². The van der Waals surface area contributed by atoms with E-state index >= 15 is 0 Å². The van der Waals surface area contributed by atoms with Crippen LogP contribution in [-0.4, -0.2) is 34.5 Å². The van der Waals surface area contributed by atoms with Crippen LogP contribution in [0, 0.1) is 0 Å². The van der Waals surface area contributed by atoms with Crippen molar-refractivity contribution in [3.05, 3.63) is 35.9 Å². The molecule has 0 saturated carbocycles. The number of carboxylic acids is 1. The van der Waals surface area contributed by atoms with E-state index in [1.165, 1.54) is 0 Å². The van der Waals surface area contributed by atoms with Gasteiger partial charge < -0.3 is 10.4 Å². The first-order chi connectivity index (χ1) is 10.0. The summed E-state index contributed by atoms with van der Waals surface area (Å²) in [6.45, 7) is 1.38. The molecule has 0 bridgehead atoms. The fourth-order valence-corrected chi connectivity index (χ4v) is 2.58. The number of imide groups is 1. The predicted molar refractivity (Wildman–Crippen MR) is 75.5 cm³/mol. The Morgan fingerprint density at radius 2 is 1.95 bits per heavy atom. The third-order valence-electron chi connectivity index (χ3n) is 3.64. The lowest BCUT2D eigenvalue weighted by Gasteiger charge is -2.27. The van der Waals surface area contributed by atoms with Crippen molar-refractivity contribution in [2.45, 2.75) is 31.7 Å². The summed E-state index contributed by atoms with van der Waals surface area (Å²) < 4.78 is 0. The Morgan fingerprint density at radius 3 is 2.52 bits per heavy atom. The molecule has 6 heteroatoms. The van der Waals surface area contributed by atoms with Gasteiger partial charge in [-0.3, -0.25) is 14.5 Å². The second kappa shape index (κ2) is 5.95. The van der Waals surface area contributed by atoms with Crippen LogP contribution in [0.5, 0.6) is 0 Å². The number of urea groups is 1. The molecule has 1 aliphatic heterocycles. The highest BCUT2D eigenvalue weighted by molar-refractivity contribution is 6.09. The van der Waals surface area contributed by atoms with E-state index < -0.39 is 30.0 Å². The fourth-order valence-electron chi connectivity index (χ4n) is 2.58. The van der Waals surface area contributed by atoms with Gasteiger partial charge in [-0.1, -0.05) is 50.1 Å². The van der Waals surface area contributed by atoms with Crippen LogP contribution < -0.4 is 5.32 Å². The molecule has 1 atom stereocenters. The molecule has 2 N–H and O–H groups in total. The van der Waals surface area contributed by atoms with Gasteiger partial charge in [-0.2, -0.15) is 0 Å². The summed E-state index contributed by atoms with van der Waals surface area (Å²) in [5.74, 6) is -1.70. The number of carboxylic acid groups (broad SMARTS) is 1. The molecule has 2 rings (SSSR count). The lowest BCUT2D eigenvalue weighted by atomic mass is 9.85. The Balaban J connectivity index is 2.40. The molecule has 1 aromatic rings. The number of rotatable bonds is 6. The van der Waals surface area contributed by atoms with Gasteiger partial charge in [0.25, 0.3) is 5.91 Å². The number of hydrogen-bond acceptors (Lipinski definition) is 3. The monoisotopic (exact) mass is 290 g/mol. The van der Waals surface area contributed by atoms with Crippen LogP contribution in [0.25, 0.3) is 0 Å². The molecule has 0 aliphatic carbocycles. The van der Waals surface area contributed by atoms with Crippen molar-refractivity contribution in [2.75, 3.05) is 6.54 Å². The number of nitrogens with one attached hydrogen (secondary N) is 1. The van der Waals surface area contributed by atoms with Gasteiger partial charge in [0.15, 0.2) is 0 Å². The van der Waals surface area contributed by atoms with E-state index in [-0.39, 0.29) is 0 Å². The van der Waals surface area contributed by atoms with E-state index in [2.05, 4.69) is 5.32 Å². The van der Waals surface area contributed by atoms with Crippen molar-refractivity contribution in [2.24, 2.45) is 0 Å². The number of carbonyl (C=O) groups is 3. The molecule has 21 heavy (non-hydrogen) atoms. The maximum Gasteiger partial charge on any atom is 0.325 e. The van der Waals surface area contributed by atoms with E-state index in [0.717, 1.165) is 17.7 Å². The van der Waals surface area contributed by atoms with E-state index in [9.17, 15) is 14.4 Å². The molecule has 0 aromatic heterocycles. The molecule has 0 unspecified atom stereocenters. The van der Waals surface area contributed by atoms with E-state index in [4.69, 9.17) is 5.11 Å². The van der Waals surface area contributed by atoms with Crippen molar-refractivity contribution in [1.29, 1.82) is 0 Å². The smallest absolute Gasteiger partial charge is 0.325 e. The minimum absolute atomic E-state index is 0.453. The summed E-state index contributed by atoms with van der Waals surface area (Å²) >= 11 is 0. The van der Waals surface area contributed by atoms with E-state index in [1.807, 2.05) is 13.0 Å². The summed E-state index contributed by atoms with van der Waals surface area (Å²) in [5.41, 5.74) is -0.464. The zero-order valence-electron chi connectivity index (χ0n) is 11.8. The molecule has 0 spiro atoms. The number of carbonyl (C=O) groups excluding carboxylic acids is 2. The number of amides is 3. The first-order valence-electron chi connectivity index (χ1n) is 6.92. The normalized spacial score (nSPS) is 21.5. The maximum atomic E-state index is 12.7. The summed E-state index contributed by atoms with van der Waals surface area (Å²) in [6, 6.07) is 8.32. The number of benzene rings is 1. The fraction of sp³-hybridized carbons (Fsp3) is 0.400. The van der Waals surface area contributed by atoms with Gasteiger partial charge in [0.1, 0.15) is 12.1 Å². The van der Waals surface area contributed by atoms with Crippen LogP contribution in [0.4, 0.5) is 4.79 Å². The van der Waals surface area contributed by atoms with Gasteiger partial charge in [0.05, 0.1) is 0 Å². The quantitative estimate of drug-likeness (QED) is 0.781. The molecule has 112 valence electrons. The van der Waals surface area contributed by atoms with Crippen LogP contribution in [0.1, 0.15) is 31.7 Å². The molecule has 1 heterocycles. The SMILES string of the molecule is CCCC[C@]1(c2ccccc2)NC(=O)N(CC(=O)O)C1=O. The summed E-state index contributed by atoms with van der Waals surface area (Å²) in [6.07, 6.45) is 2.08. The highest BCUT2D eigenvalue weighted by atomic mass is 16.4. The molecule has 0 radical (unpaired) electrons. The van der Waals surface area contributed by atoms with Crippen molar-refractivity contribution >= 4 is 17.9 Å². The second-order valence-corrected chi connectivity index (χ2v) is 5.09. The average molecular weight is 290 g/mol. The highest BCUT2D eigenvalue weighted by Gasteiger charge is 2.52. The third kappa shape index (κ3) is 2.74. The van der Waals surface area contributed by atoms with Gasteiger partial charge in [-0.15, -0.1) is 0 Å². The Hall–Kier alpha value is -2.37. The van der Waals surface area contributed by atoms with E-state index in [1.54, 1.807) is 24.3 Å². The lowest BCUT2D eigenvalue weighted by molar-refractivity contribution is -0.143. The Morgan fingerprint density at radius 1 is 1.29 bits per heavy atom. The molecule has 1 aromatic carbocycles. The molecule has 1 fully saturated rings. The third-order valence-corrected chi connectivity index (χ3v) is 3.64. The van der Waals surface area contributed by atoms with Crippen LogP contribution in [0.15, 0.2) is 30.3 Å². The molecular formula is C15H18N2O4. The molecule has 1 aliphatic rings. The van der Waals surface area contributed by atoms with Gasteiger partial charge in [-0.25, -0.2) is 4.79 Å². The van der Waals surface area contributed by atoms with Crippen molar-refractivity contribution in [3.8, 4) is 0 Å². The Bertz CT molecular complexity index is 558. The number of aliphatic carboxylic acids is 1. The topological polar surface area (TPSA) is 86.7 Å². The molecule has 1 saturated heterocycles. The summed E-state index contributed by atoms with van der Waals surface area (Å²) in [5, 5.41) is 11.6. The van der Waals surface area contributed by atoms with Gasteiger partial charge in [-0.05, 0) is 12.0 Å². The number of unbranched alkanes of at least 4 members (excludes halogenated alkanes) is 1. The van der Waals surface area contributed by atoms with Crippen molar-refractivity contribution < 1.29 is 19.5 Å². The van der Waals surface area contributed by atoms with Gasteiger partial charge >= 0.3 is 12.0 Å². The number of nitrogens with zero attached hydrogens (tertiary/aromatic N) is 1. The van der Waals surface area contributed by atoms with Crippen LogP contribution in [-0.2, 0) is 15.1 Å². The predicted octanol–water partition coefficient (Wildman–Crippen LogP) is 1.71. The molecular weight excluding hydrogens is 272 g/mol. The number of hydrogen-bond donors (Lipinski definition) is 2. The van der Waals surface area contributed by atoms with Crippen LogP contribution in [0.2, 0.25) is 0 Å². The Labute approximate surface area is 122 Å². The van der Waals surface area contributed by atoms with Crippen LogP contribution >= 0.6 is 0 Å². The van der Waals surface area contributed by atoms with Gasteiger partial charge in [0.2, 0.25) is 0 Å². The zero-order valence-corrected chi connectivity index (χ0v) is 11.8. The summed E-state index contributed by atoms with van der Waals surface area (Å²) in [4.78, 5) is 36.3. The molecule has 3 amide bonds. The largest absolute Gasteiger partial charge is 0.480 e. The van der Waals surface area contributed by atoms with Crippen LogP contribution in [0.3, 0.4) is 0 Å². The summed E-state index contributed by atoms with van der Waals surface area (Å²) in [7, 11) is 0. The lowest BCUT2D eigenvalue weighted by Crippen LogP contribution is -2.44. The minimum atomic E-state index is -1.21. The average Bonchev–Trinajstić information content (AvgIpc) is 2.71. The second-order valence-electron chi connectivity index (χ2n) is 5.09. The molecule has 6 nitrogen and oxygen atoms in total. The van der Waals surface area contributed by atoms with Gasteiger partial charge in [0, 0.05) is 0 Å². The maximum absolute atomic E-state index is 12.7. The first-order valence-corrected chi connectivity index (χ1v) is 6.92. The minimum Gasteiger partial charge on any atom is -0.480 e. The zero-order chi connectivity index (χ0) is 15.5. The Kier molecular flexibility index (Phi) is 4.26. The van der Waals surface area contributed by atoms with Crippen molar-refractivity contribution in [3.63, 3.8) is 0 Å². The standard InChI is InChI=1S/C15H18N2O4/c1-2-3-9-15(11-7-5-4-6-8-11)13(20)17(10-12(18)19)14(21)16-15/h4-8H,2-3,9-10H2,1H3,(H,16,21)(H,18,19)/t15-/m1/s1.